The van der Waals surface area contributed by atoms with Crippen LogP contribution in [0.4, 0.5) is 0 Å². The standard InChI is InChI=1S/C15H23NO2/c1-17-10-14(18-2)12-6-3-4-7-13(12)15(11-16)8-5-9-15/h3-4,6-7,14H,5,8-11,16H2,1-2H3. The summed E-state index contributed by atoms with van der Waals surface area (Å²) in [6, 6.07) is 8.48. The van der Waals surface area contributed by atoms with Crippen molar-refractivity contribution < 1.29 is 9.47 Å². The first-order chi connectivity index (χ1) is 8.77. The summed E-state index contributed by atoms with van der Waals surface area (Å²) in [5, 5.41) is 0. The molecule has 1 aliphatic carbocycles. The van der Waals surface area contributed by atoms with E-state index < -0.39 is 0 Å². The van der Waals surface area contributed by atoms with E-state index in [9.17, 15) is 0 Å². The van der Waals surface area contributed by atoms with Gasteiger partial charge in [0.25, 0.3) is 0 Å². The van der Waals surface area contributed by atoms with Crippen molar-refractivity contribution in [3.63, 3.8) is 0 Å². The predicted octanol–water partition coefficient (Wildman–Crippen LogP) is 2.40. The largest absolute Gasteiger partial charge is 0.382 e. The second kappa shape index (κ2) is 5.83. The van der Waals surface area contributed by atoms with E-state index >= 15 is 0 Å². The van der Waals surface area contributed by atoms with Crippen LogP contribution in [-0.4, -0.2) is 27.4 Å². The second-order valence-corrected chi connectivity index (χ2v) is 5.10. The third kappa shape index (κ3) is 2.30. The summed E-state index contributed by atoms with van der Waals surface area (Å²) in [6.45, 7) is 1.29. The van der Waals surface area contributed by atoms with Gasteiger partial charge >= 0.3 is 0 Å². The minimum absolute atomic E-state index is 0.00442. The van der Waals surface area contributed by atoms with E-state index in [-0.39, 0.29) is 11.5 Å². The molecule has 100 valence electrons. The quantitative estimate of drug-likeness (QED) is 0.842. The average molecular weight is 249 g/mol. The Morgan fingerprint density at radius 3 is 2.50 bits per heavy atom. The molecule has 1 atom stereocenters. The van der Waals surface area contributed by atoms with Crippen LogP contribution in [0, 0.1) is 0 Å². The molecule has 0 radical (unpaired) electrons. The summed E-state index contributed by atoms with van der Waals surface area (Å²) in [5.41, 5.74) is 8.76. The monoisotopic (exact) mass is 249 g/mol. The third-order valence-electron chi connectivity index (χ3n) is 4.18. The first kappa shape index (κ1) is 13.5. The molecular formula is C15H23NO2. The molecule has 3 heteroatoms. The summed E-state index contributed by atoms with van der Waals surface area (Å²) in [7, 11) is 3.44. The van der Waals surface area contributed by atoms with Crippen molar-refractivity contribution in [3.05, 3.63) is 35.4 Å². The maximum atomic E-state index is 6.01. The summed E-state index contributed by atoms with van der Waals surface area (Å²) < 4.78 is 10.8. The Bertz CT molecular complexity index is 382. The fourth-order valence-electron chi connectivity index (χ4n) is 2.88. The molecule has 0 heterocycles. The molecule has 0 aromatic heterocycles. The molecule has 1 aromatic rings. The van der Waals surface area contributed by atoms with Gasteiger partial charge < -0.3 is 15.2 Å². The zero-order valence-corrected chi connectivity index (χ0v) is 11.3. The van der Waals surface area contributed by atoms with Crippen molar-refractivity contribution in [2.75, 3.05) is 27.4 Å². The van der Waals surface area contributed by atoms with E-state index in [0.29, 0.717) is 13.2 Å². The van der Waals surface area contributed by atoms with Gasteiger partial charge in [0.15, 0.2) is 0 Å². The smallest absolute Gasteiger partial charge is 0.106 e. The van der Waals surface area contributed by atoms with E-state index in [1.54, 1.807) is 14.2 Å². The Balaban J connectivity index is 2.35. The molecule has 1 fully saturated rings. The van der Waals surface area contributed by atoms with Gasteiger partial charge in [0.2, 0.25) is 0 Å². The van der Waals surface area contributed by atoms with Gasteiger partial charge in [0.1, 0.15) is 6.10 Å². The second-order valence-electron chi connectivity index (χ2n) is 5.10. The van der Waals surface area contributed by atoms with Crippen LogP contribution in [0.3, 0.4) is 0 Å². The van der Waals surface area contributed by atoms with Crippen molar-refractivity contribution in [3.8, 4) is 0 Å². The molecule has 0 saturated heterocycles. The number of methoxy groups -OCH3 is 2. The van der Waals surface area contributed by atoms with E-state index in [4.69, 9.17) is 15.2 Å². The Morgan fingerprint density at radius 2 is 2.00 bits per heavy atom. The van der Waals surface area contributed by atoms with Crippen LogP contribution in [0.15, 0.2) is 24.3 Å². The number of ether oxygens (including phenoxy) is 2. The molecular weight excluding hydrogens is 226 g/mol. The minimum Gasteiger partial charge on any atom is -0.382 e. The van der Waals surface area contributed by atoms with Crippen molar-refractivity contribution in [1.82, 2.24) is 0 Å². The molecule has 0 spiro atoms. The zero-order valence-electron chi connectivity index (χ0n) is 11.3. The molecule has 0 bridgehead atoms. The van der Waals surface area contributed by atoms with Crippen LogP contribution in [-0.2, 0) is 14.9 Å². The lowest BCUT2D eigenvalue weighted by molar-refractivity contribution is 0.0256. The minimum atomic E-state index is -0.00442. The van der Waals surface area contributed by atoms with Gasteiger partial charge in [-0.1, -0.05) is 30.7 Å². The highest BCUT2D eigenvalue weighted by atomic mass is 16.5. The molecule has 3 nitrogen and oxygen atoms in total. The van der Waals surface area contributed by atoms with Crippen molar-refractivity contribution >= 4 is 0 Å². The normalized spacial score (nSPS) is 19.3. The third-order valence-corrected chi connectivity index (χ3v) is 4.18. The SMILES string of the molecule is COCC(OC)c1ccccc1C1(CN)CCC1. The first-order valence-corrected chi connectivity index (χ1v) is 6.58. The molecule has 1 aliphatic rings. The number of benzene rings is 1. The highest BCUT2D eigenvalue weighted by Gasteiger charge is 2.39. The van der Waals surface area contributed by atoms with Gasteiger partial charge in [0, 0.05) is 26.2 Å². The summed E-state index contributed by atoms with van der Waals surface area (Å²) >= 11 is 0. The van der Waals surface area contributed by atoms with E-state index in [1.165, 1.54) is 30.4 Å². The number of hydrogen-bond donors (Lipinski definition) is 1. The lowest BCUT2D eigenvalue weighted by Gasteiger charge is -2.43. The maximum Gasteiger partial charge on any atom is 0.106 e. The van der Waals surface area contributed by atoms with E-state index in [2.05, 4.69) is 24.3 Å². The summed E-state index contributed by atoms with van der Waals surface area (Å²) in [5.74, 6) is 0. The van der Waals surface area contributed by atoms with E-state index in [0.717, 1.165) is 0 Å². The molecule has 1 unspecified atom stereocenters. The van der Waals surface area contributed by atoms with Gasteiger partial charge in [0.05, 0.1) is 6.61 Å². The lowest BCUT2D eigenvalue weighted by Crippen LogP contribution is -2.42. The van der Waals surface area contributed by atoms with Crippen molar-refractivity contribution in [2.24, 2.45) is 5.73 Å². The van der Waals surface area contributed by atoms with Gasteiger partial charge in [-0.25, -0.2) is 0 Å². The molecule has 1 saturated carbocycles. The van der Waals surface area contributed by atoms with Gasteiger partial charge in [-0.2, -0.15) is 0 Å². The fourth-order valence-corrected chi connectivity index (χ4v) is 2.88. The summed E-state index contributed by atoms with van der Waals surface area (Å²) in [4.78, 5) is 0. The summed E-state index contributed by atoms with van der Waals surface area (Å²) in [6.07, 6.45) is 3.64. The van der Waals surface area contributed by atoms with Gasteiger partial charge in [-0.3, -0.25) is 0 Å². The lowest BCUT2D eigenvalue weighted by atomic mass is 9.63. The number of rotatable bonds is 6. The number of nitrogens with two attached hydrogens (primary N) is 1. The molecule has 18 heavy (non-hydrogen) atoms. The van der Waals surface area contributed by atoms with Crippen molar-refractivity contribution in [1.29, 1.82) is 0 Å². The molecule has 1 aromatic carbocycles. The Labute approximate surface area is 109 Å². The van der Waals surface area contributed by atoms with E-state index in [1.807, 2.05) is 0 Å². The van der Waals surface area contributed by atoms with Crippen LogP contribution >= 0.6 is 0 Å². The van der Waals surface area contributed by atoms with Crippen LogP contribution in [0.2, 0.25) is 0 Å². The highest BCUT2D eigenvalue weighted by Crippen LogP contribution is 2.45. The Hall–Kier alpha value is -0.900. The number of hydrogen-bond acceptors (Lipinski definition) is 3. The Morgan fingerprint density at radius 1 is 1.28 bits per heavy atom. The topological polar surface area (TPSA) is 44.5 Å². The van der Waals surface area contributed by atoms with Crippen LogP contribution < -0.4 is 5.73 Å². The van der Waals surface area contributed by atoms with Crippen LogP contribution in [0.1, 0.15) is 36.5 Å². The van der Waals surface area contributed by atoms with Crippen LogP contribution in [0.5, 0.6) is 0 Å². The van der Waals surface area contributed by atoms with Gasteiger partial charge in [-0.15, -0.1) is 0 Å². The zero-order chi connectivity index (χ0) is 13.0. The average Bonchev–Trinajstić information content (AvgIpc) is 2.36. The fraction of sp³-hybridized carbons (Fsp3) is 0.600. The highest BCUT2D eigenvalue weighted by molar-refractivity contribution is 5.38. The molecule has 0 aliphatic heterocycles. The van der Waals surface area contributed by atoms with Gasteiger partial charge in [-0.05, 0) is 24.0 Å². The molecule has 2 rings (SSSR count). The molecule has 0 amide bonds. The Kier molecular flexibility index (Phi) is 4.38. The van der Waals surface area contributed by atoms with Crippen LogP contribution in [0.25, 0.3) is 0 Å². The molecule has 2 N–H and O–H groups in total. The maximum absolute atomic E-state index is 6.01. The van der Waals surface area contributed by atoms with Crippen molar-refractivity contribution in [2.45, 2.75) is 30.8 Å². The predicted molar refractivity (Wildman–Crippen MR) is 72.7 cm³/mol. The first-order valence-electron chi connectivity index (χ1n) is 6.58.